The minimum absolute atomic E-state index is 0.0131. The fourth-order valence-electron chi connectivity index (χ4n) is 7.78. The van der Waals surface area contributed by atoms with Gasteiger partial charge in [0.25, 0.3) is 29.5 Å². The van der Waals surface area contributed by atoms with Crippen LogP contribution in [0.4, 0.5) is 22.9 Å². The van der Waals surface area contributed by atoms with Crippen molar-refractivity contribution in [2.75, 3.05) is 43.3 Å². The molecule has 0 bridgehead atoms. The number of carbonyl (C=O) groups is 6. The number of methoxy groups -OCH3 is 1. The molecule has 0 saturated carbocycles. The molecule has 0 radical (unpaired) electrons. The van der Waals surface area contributed by atoms with Gasteiger partial charge in [-0.05, 0) is 55.3 Å². The van der Waals surface area contributed by atoms with Crippen LogP contribution in [0.1, 0.15) is 71.6 Å². The Morgan fingerprint density at radius 3 is 2.33 bits per heavy atom. The average molecular weight is 868 g/mol. The summed E-state index contributed by atoms with van der Waals surface area (Å²) in [6.07, 6.45) is 9.18. The Hall–Kier alpha value is -8.22. The first kappa shape index (κ1) is 42.5. The number of hydrogen-bond donors (Lipinski definition) is 4. The fraction of sp³-hybridized carbons (Fsp3) is 0.244. The van der Waals surface area contributed by atoms with E-state index < -0.39 is 11.8 Å². The highest BCUT2D eigenvalue weighted by Gasteiger charge is 2.34. The maximum Gasteiger partial charge on any atom is 0.291 e. The number of imidazole rings is 1. The molecule has 19 heteroatoms. The third-order valence-electron chi connectivity index (χ3n) is 11.0. The smallest absolute Gasteiger partial charge is 0.291 e. The van der Waals surface area contributed by atoms with Gasteiger partial charge in [0.15, 0.2) is 17.3 Å². The predicted molar refractivity (Wildman–Crippen MR) is 238 cm³/mol. The van der Waals surface area contributed by atoms with Crippen molar-refractivity contribution in [1.82, 2.24) is 33.5 Å². The van der Waals surface area contributed by atoms with Gasteiger partial charge in [0.2, 0.25) is 11.7 Å². The number of aliphatic imine (C=N–C) groups is 1. The summed E-state index contributed by atoms with van der Waals surface area (Å²) < 4.78 is 17.6. The van der Waals surface area contributed by atoms with Crippen LogP contribution >= 0.6 is 0 Å². The third-order valence-corrected chi connectivity index (χ3v) is 11.0. The van der Waals surface area contributed by atoms with Crippen molar-refractivity contribution >= 4 is 75.4 Å². The summed E-state index contributed by atoms with van der Waals surface area (Å²) in [5.41, 5.74) is 4.20. The monoisotopic (exact) mass is 867 g/mol. The maximum atomic E-state index is 13.6. The Labute approximate surface area is 366 Å². The molecule has 0 unspecified atom stereocenters. The number of nitrogens with zero attached hydrogens (tertiary/aromatic N) is 7. The first-order chi connectivity index (χ1) is 30.7. The van der Waals surface area contributed by atoms with Crippen LogP contribution in [0.5, 0.6) is 11.5 Å². The van der Waals surface area contributed by atoms with Crippen LogP contribution in [-0.2, 0) is 25.9 Å². The number of benzene rings is 2. The zero-order valence-electron chi connectivity index (χ0n) is 35.7. The molecule has 6 aromatic rings. The lowest BCUT2D eigenvalue weighted by Crippen LogP contribution is -2.35. The number of fused-ring (bicyclic) bond motifs is 3. The van der Waals surface area contributed by atoms with Crippen LogP contribution in [0.3, 0.4) is 0 Å². The molecule has 5 amide bonds. The van der Waals surface area contributed by atoms with Gasteiger partial charge in [-0.3, -0.25) is 38.3 Å². The van der Waals surface area contributed by atoms with Crippen LogP contribution < -0.4 is 30.7 Å². The summed E-state index contributed by atoms with van der Waals surface area (Å²) in [7, 11) is 7.99. The molecule has 2 aliphatic heterocycles. The molecule has 1 fully saturated rings. The number of hydrogen-bond acceptors (Lipinski definition) is 10. The Balaban J connectivity index is 0.836. The summed E-state index contributed by atoms with van der Waals surface area (Å²) in [6, 6.07) is 13.0. The second-order valence-corrected chi connectivity index (χ2v) is 15.5. The summed E-state index contributed by atoms with van der Waals surface area (Å²) in [6.45, 7) is 4.66. The third kappa shape index (κ3) is 8.37. The van der Waals surface area contributed by atoms with Crippen molar-refractivity contribution in [3.05, 3.63) is 114 Å². The van der Waals surface area contributed by atoms with E-state index in [2.05, 4.69) is 37.8 Å². The van der Waals surface area contributed by atoms with Gasteiger partial charge in [-0.2, -0.15) is 0 Å². The van der Waals surface area contributed by atoms with E-state index in [9.17, 15) is 28.8 Å². The van der Waals surface area contributed by atoms with E-state index in [1.165, 1.54) is 28.5 Å². The lowest BCUT2D eigenvalue weighted by atomic mass is 10.1. The minimum Gasteiger partial charge on any atom is -0.493 e. The van der Waals surface area contributed by atoms with E-state index in [0.29, 0.717) is 70.3 Å². The second kappa shape index (κ2) is 17.3. The first-order valence-corrected chi connectivity index (χ1v) is 20.2. The first-order valence-electron chi connectivity index (χ1n) is 20.2. The van der Waals surface area contributed by atoms with Crippen LogP contribution in [-0.4, -0.2) is 103 Å². The van der Waals surface area contributed by atoms with Crippen LogP contribution in [0.15, 0.2) is 90.5 Å². The lowest BCUT2D eigenvalue weighted by Gasteiger charge is -2.20. The van der Waals surface area contributed by atoms with Gasteiger partial charge in [0.05, 0.1) is 47.9 Å². The Bertz CT molecular complexity index is 2950. The van der Waals surface area contributed by atoms with Crippen LogP contribution in [0.25, 0.3) is 10.9 Å². The van der Waals surface area contributed by atoms with Gasteiger partial charge < -0.3 is 49.3 Å². The van der Waals surface area contributed by atoms with Gasteiger partial charge in [0.1, 0.15) is 11.4 Å². The van der Waals surface area contributed by atoms with Gasteiger partial charge >= 0.3 is 0 Å². The number of aromatic nitrogens is 5. The number of carbonyl (C=O) groups excluding carboxylic acids is 6. The van der Waals surface area contributed by atoms with Gasteiger partial charge in [-0.15, -0.1) is 0 Å². The summed E-state index contributed by atoms with van der Waals surface area (Å²) in [4.78, 5) is 89.1. The van der Waals surface area contributed by atoms with Gasteiger partial charge in [0, 0.05) is 89.2 Å². The van der Waals surface area contributed by atoms with Crippen molar-refractivity contribution in [1.29, 1.82) is 0 Å². The SMILES string of the molecule is C=C1C[C@H]2C=Nc3cc(OCCCC(=O)Nc4cn(C)c(C(=O)Nc5cc(C(=O)Nc6cc(C(=O)n7ccc8cc(C(=O)NC)ccc87)n(C)c6)n(C)c5)n4)c(OC)cc3C(=O)N2C1. The van der Waals surface area contributed by atoms with Gasteiger partial charge in [-0.25, -0.2) is 4.98 Å². The quantitative estimate of drug-likeness (QED) is 0.0916. The maximum absolute atomic E-state index is 13.6. The topological polar surface area (TPSA) is 217 Å². The van der Waals surface area contributed by atoms with E-state index in [1.54, 1.807) is 109 Å². The van der Waals surface area contributed by atoms with Crippen LogP contribution in [0.2, 0.25) is 0 Å². The molecule has 19 nitrogen and oxygen atoms in total. The number of anilines is 3. The molecule has 328 valence electrons. The Morgan fingerprint density at radius 1 is 0.844 bits per heavy atom. The number of aryl methyl sites for hydroxylation is 3. The number of ether oxygens (including phenoxy) is 2. The average Bonchev–Trinajstić information content (AvgIpc) is 4.10. The van der Waals surface area contributed by atoms with Crippen molar-refractivity contribution < 1.29 is 38.2 Å². The summed E-state index contributed by atoms with van der Waals surface area (Å²) in [5, 5.41) is 11.6. The van der Waals surface area contributed by atoms with Crippen molar-refractivity contribution in [2.24, 2.45) is 26.1 Å². The van der Waals surface area contributed by atoms with Crippen molar-refractivity contribution in [2.45, 2.75) is 25.3 Å². The molecule has 6 heterocycles. The van der Waals surface area contributed by atoms with E-state index in [0.717, 1.165) is 11.0 Å². The summed E-state index contributed by atoms with van der Waals surface area (Å²) >= 11 is 0. The molecule has 0 spiro atoms. The highest BCUT2D eigenvalue weighted by molar-refractivity contribution is 6.08. The van der Waals surface area contributed by atoms with Crippen molar-refractivity contribution in [3.8, 4) is 11.5 Å². The molecule has 0 aliphatic carbocycles. The zero-order valence-corrected chi connectivity index (χ0v) is 35.7. The largest absolute Gasteiger partial charge is 0.493 e. The van der Waals surface area contributed by atoms with E-state index in [1.807, 2.05) is 0 Å². The normalized spacial score (nSPS) is 14.2. The molecule has 4 aromatic heterocycles. The zero-order chi connectivity index (χ0) is 45.4. The molecular formula is C45H45N11O8. The highest BCUT2D eigenvalue weighted by Crippen LogP contribution is 2.38. The Morgan fingerprint density at radius 2 is 1.58 bits per heavy atom. The number of amides is 5. The van der Waals surface area contributed by atoms with E-state index in [-0.39, 0.29) is 60.0 Å². The van der Waals surface area contributed by atoms with Crippen LogP contribution in [0, 0.1) is 0 Å². The Kier molecular flexibility index (Phi) is 11.5. The lowest BCUT2D eigenvalue weighted by molar-refractivity contribution is -0.116. The molecule has 2 aliphatic rings. The minimum atomic E-state index is -0.575. The van der Waals surface area contributed by atoms with E-state index in [4.69, 9.17) is 9.47 Å². The fourth-order valence-corrected chi connectivity index (χ4v) is 7.78. The second-order valence-electron chi connectivity index (χ2n) is 15.5. The number of rotatable bonds is 13. The number of nitrogens with one attached hydrogen (secondary N) is 4. The highest BCUT2D eigenvalue weighted by atomic mass is 16.5. The summed E-state index contributed by atoms with van der Waals surface area (Å²) in [5.74, 6) is -1.16. The van der Waals surface area contributed by atoms with E-state index >= 15 is 0 Å². The molecule has 8 rings (SSSR count). The molecule has 1 atom stereocenters. The van der Waals surface area contributed by atoms with Crippen molar-refractivity contribution in [3.63, 3.8) is 0 Å². The molecule has 64 heavy (non-hydrogen) atoms. The standard InChI is InChI=1S/C45H45N11O8/c1-25-14-30-20-47-32-19-37(36(63-6)18-31(32)44(61)56(30)21-25)64-13-7-8-39(57)50-38-24-54(5)40(51-38)43(60)49-28-16-34(52(3)22-28)42(59)48-29-17-35(53(4)23-29)45(62)55-12-11-26-15-27(41(58)46-2)9-10-33(26)55/h9-12,15-20,22-24,30H,1,7-8,13-14,21H2,2-6H3,(H,46,58)(H,48,59)(H,49,60)(H,50,57)/t30-/m0/s1. The van der Waals surface area contributed by atoms with Gasteiger partial charge in [-0.1, -0.05) is 12.2 Å². The predicted octanol–water partition coefficient (Wildman–Crippen LogP) is 4.90. The molecule has 2 aromatic carbocycles. The molecule has 1 saturated heterocycles. The molecular weight excluding hydrogens is 823 g/mol. The molecule has 4 N–H and O–H groups in total.